The molecule has 0 spiro atoms. The Morgan fingerprint density at radius 3 is 2.25 bits per heavy atom. The van der Waals surface area contributed by atoms with Crippen molar-refractivity contribution in [2.24, 2.45) is 11.1 Å². The highest BCUT2D eigenvalue weighted by Crippen LogP contribution is 2.18. The second-order valence-electron chi connectivity index (χ2n) is 5.03. The molecule has 0 radical (unpaired) electrons. The zero-order chi connectivity index (χ0) is 12.9. The number of likely N-dealkylation sites (N-methyl/N-ethyl adjacent to an activating group) is 1. The van der Waals surface area contributed by atoms with Crippen molar-refractivity contribution in [2.75, 3.05) is 20.6 Å². The number of nitrogens with one attached hydrogen (secondary N) is 1. The highest BCUT2D eigenvalue weighted by atomic mass is 16.2. The van der Waals surface area contributed by atoms with Crippen molar-refractivity contribution in [3.8, 4) is 0 Å². The van der Waals surface area contributed by atoms with Gasteiger partial charge >= 0.3 is 0 Å². The van der Waals surface area contributed by atoms with Gasteiger partial charge in [-0.1, -0.05) is 20.8 Å². The largest absolute Gasteiger partial charge is 0.359 e. The average molecular weight is 229 g/mol. The number of hydrogen-bond donors (Lipinski definition) is 2. The van der Waals surface area contributed by atoms with Crippen molar-refractivity contribution in [3.05, 3.63) is 0 Å². The Morgan fingerprint density at radius 2 is 1.88 bits per heavy atom. The van der Waals surface area contributed by atoms with E-state index in [-0.39, 0.29) is 17.2 Å². The van der Waals surface area contributed by atoms with Crippen LogP contribution in [0.1, 0.15) is 27.2 Å². The Morgan fingerprint density at radius 1 is 1.38 bits per heavy atom. The van der Waals surface area contributed by atoms with Crippen molar-refractivity contribution >= 4 is 11.8 Å². The van der Waals surface area contributed by atoms with E-state index in [0.29, 0.717) is 13.0 Å². The minimum absolute atomic E-state index is 0.0796. The molecule has 0 fully saturated rings. The molecule has 94 valence electrons. The maximum atomic E-state index is 11.9. The molecule has 0 aliphatic heterocycles. The third-order valence-electron chi connectivity index (χ3n) is 2.53. The van der Waals surface area contributed by atoms with Crippen molar-refractivity contribution in [3.63, 3.8) is 0 Å². The van der Waals surface area contributed by atoms with E-state index in [1.54, 1.807) is 14.1 Å². The van der Waals surface area contributed by atoms with E-state index < -0.39 is 6.04 Å². The summed E-state index contributed by atoms with van der Waals surface area (Å²) in [5, 5.41) is 2.51. The van der Waals surface area contributed by atoms with Crippen LogP contribution in [-0.2, 0) is 9.59 Å². The Labute approximate surface area is 97.4 Å². The minimum atomic E-state index is -0.540. The molecule has 0 aliphatic carbocycles. The Balaban J connectivity index is 4.24. The molecular weight excluding hydrogens is 206 g/mol. The average Bonchev–Trinajstić information content (AvgIpc) is 2.21. The predicted molar refractivity (Wildman–Crippen MR) is 63.8 cm³/mol. The van der Waals surface area contributed by atoms with E-state index in [2.05, 4.69) is 5.32 Å². The summed E-state index contributed by atoms with van der Waals surface area (Å²) < 4.78 is 0. The summed E-state index contributed by atoms with van der Waals surface area (Å²) in [4.78, 5) is 24.4. The third kappa shape index (κ3) is 4.61. The lowest BCUT2D eigenvalue weighted by molar-refractivity contribution is -0.134. The summed E-state index contributed by atoms with van der Waals surface area (Å²) in [5.41, 5.74) is 5.58. The summed E-state index contributed by atoms with van der Waals surface area (Å²) >= 11 is 0. The van der Waals surface area contributed by atoms with E-state index in [9.17, 15) is 9.59 Å². The van der Waals surface area contributed by atoms with Gasteiger partial charge in [0, 0.05) is 27.1 Å². The lowest BCUT2D eigenvalue weighted by Gasteiger charge is -2.29. The number of nitrogens with two attached hydrogens (primary N) is 1. The van der Waals surface area contributed by atoms with E-state index in [1.165, 1.54) is 4.90 Å². The van der Waals surface area contributed by atoms with Gasteiger partial charge in [0.25, 0.3) is 0 Å². The number of nitrogens with zero attached hydrogens (tertiary/aromatic N) is 1. The molecule has 0 rings (SSSR count). The number of hydrogen-bond acceptors (Lipinski definition) is 3. The lowest BCUT2D eigenvalue weighted by atomic mass is 9.86. The molecule has 3 N–H and O–H groups in total. The van der Waals surface area contributed by atoms with E-state index in [4.69, 9.17) is 5.73 Å². The molecule has 0 saturated carbocycles. The van der Waals surface area contributed by atoms with Gasteiger partial charge < -0.3 is 16.0 Å². The number of amides is 2. The lowest BCUT2D eigenvalue weighted by Crippen LogP contribution is -2.49. The highest BCUT2D eigenvalue weighted by molar-refractivity contribution is 5.83. The molecule has 1 atom stereocenters. The van der Waals surface area contributed by atoms with E-state index in [0.717, 1.165) is 0 Å². The first kappa shape index (κ1) is 14.9. The summed E-state index contributed by atoms with van der Waals surface area (Å²) in [7, 11) is 3.24. The van der Waals surface area contributed by atoms with Gasteiger partial charge in [-0.15, -0.1) is 0 Å². The fraction of sp³-hybridized carbons (Fsp3) is 0.818. The zero-order valence-corrected chi connectivity index (χ0v) is 10.8. The van der Waals surface area contributed by atoms with Gasteiger partial charge in [-0.25, -0.2) is 0 Å². The molecule has 0 heterocycles. The first-order valence-corrected chi connectivity index (χ1v) is 5.41. The first-order valence-electron chi connectivity index (χ1n) is 5.41. The first-order chi connectivity index (χ1) is 7.20. The van der Waals surface area contributed by atoms with Gasteiger partial charge in [-0.2, -0.15) is 0 Å². The van der Waals surface area contributed by atoms with Crippen LogP contribution in [0.5, 0.6) is 0 Å². The Hall–Kier alpha value is -1.10. The van der Waals surface area contributed by atoms with Crippen LogP contribution in [0.4, 0.5) is 0 Å². The molecule has 0 saturated heterocycles. The molecule has 5 heteroatoms. The SMILES string of the molecule is CNC(=O)CCN(C)C(=O)[C@H](N)C(C)(C)C. The van der Waals surface area contributed by atoms with Crippen LogP contribution >= 0.6 is 0 Å². The molecule has 0 aliphatic rings. The highest BCUT2D eigenvalue weighted by Gasteiger charge is 2.29. The van der Waals surface area contributed by atoms with Gasteiger partial charge in [0.1, 0.15) is 0 Å². The molecule has 2 amide bonds. The van der Waals surface area contributed by atoms with Gasteiger partial charge in [-0.3, -0.25) is 9.59 Å². The van der Waals surface area contributed by atoms with Gasteiger partial charge in [0.05, 0.1) is 6.04 Å². The van der Waals surface area contributed by atoms with E-state index in [1.807, 2.05) is 20.8 Å². The number of carbonyl (C=O) groups is 2. The van der Waals surface area contributed by atoms with Gasteiger partial charge in [0.15, 0.2) is 0 Å². The normalized spacial score (nSPS) is 13.1. The maximum Gasteiger partial charge on any atom is 0.239 e. The maximum absolute atomic E-state index is 11.9. The Bertz CT molecular complexity index is 258. The van der Waals surface area contributed by atoms with Crippen molar-refractivity contribution in [1.82, 2.24) is 10.2 Å². The number of carbonyl (C=O) groups excluding carboxylic acids is 2. The molecule has 5 nitrogen and oxygen atoms in total. The Kier molecular flexibility index (Phi) is 5.44. The molecule has 0 aromatic carbocycles. The summed E-state index contributed by atoms with van der Waals surface area (Å²) in [6, 6.07) is -0.540. The van der Waals surface area contributed by atoms with Gasteiger partial charge in [-0.05, 0) is 5.41 Å². The fourth-order valence-electron chi connectivity index (χ4n) is 1.11. The summed E-state index contributed by atoms with van der Waals surface area (Å²) in [6.45, 7) is 6.15. The van der Waals surface area contributed by atoms with Crippen LogP contribution in [0.3, 0.4) is 0 Å². The number of rotatable bonds is 4. The topological polar surface area (TPSA) is 75.4 Å². The van der Waals surface area contributed by atoms with Crippen LogP contribution in [0, 0.1) is 5.41 Å². The molecule has 0 bridgehead atoms. The van der Waals surface area contributed by atoms with Crippen LogP contribution in [0.15, 0.2) is 0 Å². The smallest absolute Gasteiger partial charge is 0.239 e. The van der Waals surface area contributed by atoms with Gasteiger partial charge in [0.2, 0.25) is 11.8 Å². The second-order valence-corrected chi connectivity index (χ2v) is 5.03. The molecule has 16 heavy (non-hydrogen) atoms. The fourth-order valence-corrected chi connectivity index (χ4v) is 1.11. The molecule has 0 unspecified atom stereocenters. The summed E-state index contributed by atoms with van der Waals surface area (Å²) in [6.07, 6.45) is 0.301. The zero-order valence-electron chi connectivity index (χ0n) is 10.8. The monoisotopic (exact) mass is 229 g/mol. The van der Waals surface area contributed by atoms with Crippen molar-refractivity contribution in [2.45, 2.75) is 33.2 Å². The van der Waals surface area contributed by atoms with Crippen LogP contribution in [0.2, 0.25) is 0 Å². The van der Waals surface area contributed by atoms with Crippen molar-refractivity contribution < 1.29 is 9.59 Å². The standard InChI is InChI=1S/C11H23N3O2/c1-11(2,3)9(12)10(16)14(5)7-6-8(15)13-4/h9H,6-7,12H2,1-5H3,(H,13,15)/t9-/m0/s1. The van der Waals surface area contributed by atoms with E-state index >= 15 is 0 Å². The quantitative estimate of drug-likeness (QED) is 0.710. The molecule has 0 aromatic heterocycles. The minimum Gasteiger partial charge on any atom is -0.359 e. The van der Waals surface area contributed by atoms with Crippen LogP contribution in [-0.4, -0.2) is 43.4 Å². The molecular formula is C11H23N3O2. The van der Waals surface area contributed by atoms with Crippen LogP contribution in [0.25, 0.3) is 0 Å². The summed E-state index contributed by atoms with van der Waals surface area (Å²) in [5.74, 6) is -0.208. The predicted octanol–water partition coefficient (Wildman–Crippen LogP) is -0.0457. The molecule has 0 aromatic rings. The van der Waals surface area contributed by atoms with Crippen molar-refractivity contribution in [1.29, 1.82) is 0 Å². The second kappa shape index (κ2) is 5.84. The third-order valence-corrected chi connectivity index (χ3v) is 2.53. The van der Waals surface area contributed by atoms with Crippen LogP contribution < -0.4 is 11.1 Å².